The molecule has 0 unspecified atom stereocenters. The molecule has 0 bridgehead atoms. The zero-order valence-corrected chi connectivity index (χ0v) is 12.6. The van der Waals surface area contributed by atoms with Crippen LogP contribution in [0.1, 0.15) is 18.1 Å². The molecule has 0 aliphatic heterocycles. The van der Waals surface area contributed by atoms with Crippen LogP contribution in [-0.4, -0.2) is 7.05 Å². The molecule has 0 radical (unpaired) electrons. The zero-order valence-electron chi connectivity index (χ0n) is 11.0. The van der Waals surface area contributed by atoms with Crippen molar-refractivity contribution in [3.8, 4) is 6.07 Å². The molecule has 96 valence electrons. The summed E-state index contributed by atoms with van der Waals surface area (Å²) >= 11 is 3.44. The molecule has 0 heterocycles. The van der Waals surface area contributed by atoms with Crippen LogP contribution in [0.25, 0.3) is 0 Å². The molecule has 2 rings (SSSR count). The first-order valence-corrected chi connectivity index (χ1v) is 6.96. The normalized spacial score (nSPS) is 10.0. The number of benzene rings is 2. The number of anilines is 2. The summed E-state index contributed by atoms with van der Waals surface area (Å²) in [7, 11) is 2.00. The van der Waals surface area contributed by atoms with E-state index in [1.54, 1.807) is 0 Å². The number of nitriles is 1. The monoisotopic (exact) mass is 314 g/mol. The number of halogens is 1. The van der Waals surface area contributed by atoms with Gasteiger partial charge in [0, 0.05) is 22.9 Å². The highest BCUT2D eigenvalue weighted by Gasteiger charge is 2.06. The summed E-state index contributed by atoms with van der Waals surface area (Å²) in [5.74, 6) is 0. The van der Waals surface area contributed by atoms with Crippen molar-refractivity contribution in [2.24, 2.45) is 0 Å². The number of nitrogens with zero attached hydrogens (tertiary/aromatic N) is 2. The molecule has 0 saturated heterocycles. The van der Waals surface area contributed by atoms with Gasteiger partial charge < -0.3 is 4.90 Å². The first-order valence-electron chi connectivity index (χ1n) is 6.17. The lowest BCUT2D eigenvalue weighted by atomic mass is 10.1. The summed E-state index contributed by atoms with van der Waals surface area (Å²) < 4.78 is 0.915. The largest absolute Gasteiger partial charge is 0.345 e. The molecular weight excluding hydrogens is 300 g/mol. The van der Waals surface area contributed by atoms with Crippen molar-refractivity contribution < 1.29 is 0 Å². The van der Waals surface area contributed by atoms with Gasteiger partial charge in [0.05, 0.1) is 11.6 Å². The molecule has 3 heteroatoms. The minimum Gasteiger partial charge on any atom is -0.345 e. The van der Waals surface area contributed by atoms with Crippen LogP contribution in [0.3, 0.4) is 0 Å². The Labute approximate surface area is 122 Å². The molecule has 0 aromatic heterocycles. The summed E-state index contributed by atoms with van der Waals surface area (Å²) in [4.78, 5) is 2.07. The minimum atomic E-state index is 0.654. The van der Waals surface area contributed by atoms with E-state index in [0.717, 1.165) is 22.3 Å². The maximum atomic E-state index is 9.02. The van der Waals surface area contributed by atoms with Crippen molar-refractivity contribution >= 4 is 27.3 Å². The molecule has 2 aromatic carbocycles. The van der Waals surface area contributed by atoms with Crippen LogP contribution in [0, 0.1) is 11.3 Å². The van der Waals surface area contributed by atoms with Gasteiger partial charge in [0.1, 0.15) is 0 Å². The van der Waals surface area contributed by atoms with Crippen LogP contribution in [0.2, 0.25) is 0 Å². The first-order chi connectivity index (χ1) is 9.13. The SMILES string of the molecule is CCc1ccc(N(C)c2cc(Br)cc(C#N)c2)cc1. The molecule has 0 spiro atoms. The van der Waals surface area contributed by atoms with Crippen LogP contribution in [0.5, 0.6) is 0 Å². The molecule has 0 aliphatic rings. The quantitative estimate of drug-likeness (QED) is 0.824. The van der Waals surface area contributed by atoms with Crippen molar-refractivity contribution in [3.63, 3.8) is 0 Å². The third-order valence-corrected chi connectivity index (χ3v) is 3.59. The van der Waals surface area contributed by atoms with E-state index in [-0.39, 0.29) is 0 Å². The van der Waals surface area contributed by atoms with Crippen LogP contribution in [0.15, 0.2) is 46.9 Å². The summed E-state index contributed by atoms with van der Waals surface area (Å²) in [6, 6.07) is 16.4. The second kappa shape index (κ2) is 5.90. The molecule has 19 heavy (non-hydrogen) atoms. The Balaban J connectivity index is 2.35. The Morgan fingerprint density at radius 1 is 1.11 bits per heavy atom. The van der Waals surface area contributed by atoms with E-state index in [1.807, 2.05) is 25.2 Å². The van der Waals surface area contributed by atoms with Gasteiger partial charge in [0.25, 0.3) is 0 Å². The summed E-state index contributed by atoms with van der Waals surface area (Å²) in [5.41, 5.74) is 4.08. The van der Waals surface area contributed by atoms with Gasteiger partial charge in [-0.1, -0.05) is 35.0 Å². The van der Waals surface area contributed by atoms with Gasteiger partial charge >= 0.3 is 0 Å². The van der Waals surface area contributed by atoms with E-state index in [4.69, 9.17) is 5.26 Å². The summed E-state index contributed by atoms with van der Waals surface area (Å²) in [6.45, 7) is 2.15. The number of rotatable bonds is 3. The zero-order chi connectivity index (χ0) is 13.8. The number of hydrogen-bond donors (Lipinski definition) is 0. The molecule has 0 atom stereocenters. The minimum absolute atomic E-state index is 0.654. The van der Waals surface area contributed by atoms with E-state index in [1.165, 1.54) is 5.56 Å². The van der Waals surface area contributed by atoms with Gasteiger partial charge in [-0.3, -0.25) is 0 Å². The topological polar surface area (TPSA) is 27.0 Å². The fourth-order valence-corrected chi connectivity index (χ4v) is 2.42. The molecule has 2 aromatic rings. The number of aryl methyl sites for hydroxylation is 1. The predicted octanol–water partition coefficient (Wildman–Crippen LogP) is 4.65. The first kappa shape index (κ1) is 13.6. The molecular formula is C16H15BrN2. The summed E-state index contributed by atoms with van der Waals surface area (Å²) in [6.07, 6.45) is 1.04. The van der Waals surface area contributed by atoms with Gasteiger partial charge in [-0.05, 0) is 42.3 Å². The van der Waals surface area contributed by atoms with Crippen LogP contribution in [-0.2, 0) is 6.42 Å². The molecule has 0 saturated carbocycles. The molecule has 0 fully saturated rings. The maximum absolute atomic E-state index is 9.02. The Morgan fingerprint density at radius 3 is 2.37 bits per heavy atom. The predicted molar refractivity (Wildman–Crippen MR) is 82.7 cm³/mol. The highest BCUT2D eigenvalue weighted by Crippen LogP contribution is 2.27. The maximum Gasteiger partial charge on any atom is 0.0992 e. The van der Waals surface area contributed by atoms with Crippen molar-refractivity contribution in [3.05, 3.63) is 58.1 Å². The van der Waals surface area contributed by atoms with Gasteiger partial charge in [-0.2, -0.15) is 5.26 Å². The van der Waals surface area contributed by atoms with E-state index in [2.05, 4.69) is 58.1 Å². The number of hydrogen-bond acceptors (Lipinski definition) is 2. The van der Waals surface area contributed by atoms with Gasteiger partial charge in [-0.25, -0.2) is 0 Å². The van der Waals surface area contributed by atoms with Gasteiger partial charge in [0.15, 0.2) is 0 Å². The van der Waals surface area contributed by atoms with Crippen LogP contribution < -0.4 is 4.90 Å². The Hall–Kier alpha value is -1.79. The smallest absolute Gasteiger partial charge is 0.0992 e. The van der Waals surface area contributed by atoms with Crippen LogP contribution >= 0.6 is 15.9 Å². The van der Waals surface area contributed by atoms with Crippen molar-refractivity contribution in [2.45, 2.75) is 13.3 Å². The Bertz CT molecular complexity index is 612. The fourth-order valence-electron chi connectivity index (χ4n) is 1.94. The summed E-state index contributed by atoms with van der Waals surface area (Å²) in [5, 5.41) is 9.02. The lowest BCUT2D eigenvalue weighted by Crippen LogP contribution is -2.09. The average Bonchev–Trinajstić information content (AvgIpc) is 2.46. The van der Waals surface area contributed by atoms with Gasteiger partial charge in [-0.15, -0.1) is 0 Å². The van der Waals surface area contributed by atoms with Crippen molar-refractivity contribution in [1.29, 1.82) is 5.26 Å². The third-order valence-electron chi connectivity index (χ3n) is 3.13. The van der Waals surface area contributed by atoms with E-state index < -0.39 is 0 Å². The Morgan fingerprint density at radius 2 is 1.79 bits per heavy atom. The molecule has 0 N–H and O–H groups in total. The molecule has 2 nitrogen and oxygen atoms in total. The van der Waals surface area contributed by atoms with E-state index in [0.29, 0.717) is 5.56 Å². The lowest BCUT2D eigenvalue weighted by molar-refractivity contribution is 1.13. The van der Waals surface area contributed by atoms with E-state index in [9.17, 15) is 0 Å². The molecule has 0 amide bonds. The second-order valence-electron chi connectivity index (χ2n) is 4.39. The second-order valence-corrected chi connectivity index (χ2v) is 5.30. The van der Waals surface area contributed by atoms with Crippen molar-refractivity contribution in [1.82, 2.24) is 0 Å². The standard InChI is InChI=1S/C16H15BrN2/c1-3-12-4-6-15(7-5-12)19(2)16-9-13(11-18)8-14(17)10-16/h4-10H,3H2,1-2H3. The van der Waals surface area contributed by atoms with Crippen molar-refractivity contribution in [2.75, 3.05) is 11.9 Å². The average molecular weight is 315 g/mol. The van der Waals surface area contributed by atoms with E-state index >= 15 is 0 Å². The Kier molecular flexibility index (Phi) is 4.24. The third kappa shape index (κ3) is 3.15. The lowest BCUT2D eigenvalue weighted by Gasteiger charge is -2.20. The van der Waals surface area contributed by atoms with Gasteiger partial charge in [0.2, 0.25) is 0 Å². The fraction of sp³-hybridized carbons (Fsp3) is 0.188. The highest BCUT2D eigenvalue weighted by atomic mass is 79.9. The van der Waals surface area contributed by atoms with Crippen LogP contribution in [0.4, 0.5) is 11.4 Å². The highest BCUT2D eigenvalue weighted by molar-refractivity contribution is 9.10. The molecule has 0 aliphatic carbocycles.